The third-order valence-corrected chi connectivity index (χ3v) is 3.62. The van der Waals surface area contributed by atoms with E-state index in [9.17, 15) is 0 Å². The van der Waals surface area contributed by atoms with Gasteiger partial charge in [0.2, 0.25) is 0 Å². The van der Waals surface area contributed by atoms with Gasteiger partial charge in [-0.05, 0) is 22.4 Å². The van der Waals surface area contributed by atoms with E-state index in [0.29, 0.717) is 5.92 Å². The van der Waals surface area contributed by atoms with E-state index < -0.39 is 0 Å². The van der Waals surface area contributed by atoms with Crippen molar-refractivity contribution in [2.24, 2.45) is 0 Å². The monoisotopic (exact) mass is 233 g/mol. The Labute approximate surface area is 80.0 Å². The van der Waals surface area contributed by atoms with Gasteiger partial charge in [0.25, 0.3) is 0 Å². The Hall–Kier alpha value is 0.110. The summed E-state index contributed by atoms with van der Waals surface area (Å²) in [6.07, 6.45) is 1.02. The fourth-order valence-electron chi connectivity index (χ4n) is 0.815. The molecule has 0 aliphatic carbocycles. The zero-order valence-electron chi connectivity index (χ0n) is 7.02. The van der Waals surface area contributed by atoms with Crippen LogP contribution in [0.15, 0.2) is 3.79 Å². The number of thiazole rings is 1. The molecule has 0 radical (unpaired) electrons. The summed E-state index contributed by atoms with van der Waals surface area (Å²) in [6, 6.07) is 0. The molecule has 1 aromatic rings. The molecule has 0 aliphatic heterocycles. The second-order valence-corrected chi connectivity index (χ2v) is 5.13. The normalized spacial score (nSPS) is 11.0. The molecule has 11 heavy (non-hydrogen) atoms. The minimum atomic E-state index is 0.552. The van der Waals surface area contributed by atoms with Crippen LogP contribution in [0.2, 0.25) is 0 Å². The molecule has 0 saturated heterocycles. The van der Waals surface area contributed by atoms with Gasteiger partial charge in [-0.2, -0.15) is 0 Å². The topological polar surface area (TPSA) is 12.9 Å². The molecule has 0 aromatic carbocycles. The number of hydrogen-bond acceptors (Lipinski definition) is 2. The van der Waals surface area contributed by atoms with E-state index in [1.165, 1.54) is 14.5 Å². The Bertz CT molecular complexity index is 242. The summed E-state index contributed by atoms with van der Waals surface area (Å²) in [7, 11) is 0. The van der Waals surface area contributed by atoms with Crippen molar-refractivity contribution >= 4 is 27.3 Å². The van der Waals surface area contributed by atoms with Crippen molar-refractivity contribution in [3.05, 3.63) is 14.5 Å². The summed E-state index contributed by atoms with van der Waals surface area (Å²) in [5.41, 5.74) is 1.19. The van der Waals surface area contributed by atoms with Crippen LogP contribution in [0.4, 0.5) is 0 Å². The molecular weight excluding hydrogens is 222 g/mol. The zero-order valence-corrected chi connectivity index (χ0v) is 9.42. The van der Waals surface area contributed by atoms with Crippen LogP contribution in [0.5, 0.6) is 0 Å². The molecule has 0 atom stereocenters. The molecule has 0 fully saturated rings. The Morgan fingerprint density at radius 2 is 2.18 bits per heavy atom. The van der Waals surface area contributed by atoms with Gasteiger partial charge in [-0.1, -0.05) is 20.8 Å². The molecule has 3 heteroatoms. The summed E-state index contributed by atoms with van der Waals surface area (Å²) in [5, 5.41) is 1.23. The average molecular weight is 234 g/mol. The van der Waals surface area contributed by atoms with Gasteiger partial charge in [0, 0.05) is 5.92 Å². The van der Waals surface area contributed by atoms with Gasteiger partial charge in [0.05, 0.1) is 14.5 Å². The number of halogens is 1. The summed E-state index contributed by atoms with van der Waals surface area (Å²) in [6.45, 7) is 6.47. The third kappa shape index (κ3) is 2.03. The molecule has 0 N–H and O–H groups in total. The van der Waals surface area contributed by atoms with Crippen LogP contribution in [0.25, 0.3) is 0 Å². The maximum atomic E-state index is 4.50. The standard InChI is InChI=1S/C8H12BrNS/c1-4-6-7(9)11-8(10-6)5(2)3/h5H,4H2,1-3H3. The fourth-order valence-corrected chi connectivity index (χ4v) is 2.57. The van der Waals surface area contributed by atoms with Crippen LogP contribution in [0, 0.1) is 0 Å². The Morgan fingerprint density at radius 1 is 1.55 bits per heavy atom. The van der Waals surface area contributed by atoms with E-state index in [2.05, 4.69) is 41.7 Å². The minimum absolute atomic E-state index is 0.552. The Morgan fingerprint density at radius 3 is 2.45 bits per heavy atom. The lowest BCUT2D eigenvalue weighted by molar-refractivity contribution is 0.839. The van der Waals surface area contributed by atoms with Crippen LogP contribution in [0.3, 0.4) is 0 Å². The van der Waals surface area contributed by atoms with Crippen molar-refractivity contribution in [2.45, 2.75) is 33.1 Å². The van der Waals surface area contributed by atoms with Crippen molar-refractivity contribution in [3.63, 3.8) is 0 Å². The van der Waals surface area contributed by atoms with E-state index in [1.54, 1.807) is 11.3 Å². The summed E-state index contributed by atoms with van der Waals surface area (Å²) >= 11 is 5.25. The van der Waals surface area contributed by atoms with Crippen LogP contribution < -0.4 is 0 Å². The van der Waals surface area contributed by atoms with Gasteiger partial charge in [0.1, 0.15) is 0 Å². The number of hydrogen-bond donors (Lipinski definition) is 0. The lowest BCUT2D eigenvalue weighted by atomic mass is 10.2. The summed E-state index contributed by atoms with van der Waals surface area (Å²) in [4.78, 5) is 4.50. The van der Waals surface area contributed by atoms with Crippen molar-refractivity contribution in [2.75, 3.05) is 0 Å². The summed E-state index contributed by atoms with van der Waals surface area (Å²) in [5.74, 6) is 0.552. The summed E-state index contributed by atoms with van der Waals surface area (Å²) < 4.78 is 1.20. The van der Waals surface area contributed by atoms with Crippen molar-refractivity contribution in [3.8, 4) is 0 Å². The lowest BCUT2D eigenvalue weighted by Gasteiger charge is -1.95. The first kappa shape index (κ1) is 9.20. The second kappa shape index (κ2) is 3.68. The van der Waals surface area contributed by atoms with Crippen molar-refractivity contribution < 1.29 is 0 Å². The molecule has 0 aliphatic rings. The third-order valence-electron chi connectivity index (χ3n) is 1.50. The van der Waals surface area contributed by atoms with Crippen molar-refractivity contribution in [1.82, 2.24) is 4.98 Å². The highest BCUT2D eigenvalue weighted by Crippen LogP contribution is 2.29. The molecule has 0 unspecified atom stereocenters. The smallest absolute Gasteiger partial charge is 0.0965 e. The van der Waals surface area contributed by atoms with Gasteiger partial charge >= 0.3 is 0 Å². The predicted octanol–water partition coefficient (Wildman–Crippen LogP) is 3.59. The number of rotatable bonds is 2. The highest BCUT2D eigenvalue weighted by molar-refractivity contribution is 9.11. The average Bonchev–Trinajstić information content (AvgIpc) is 2.31. The van der Waals surface area contributed by atoms with E-state index in [1.807, 2.05) is 0 Å². The SMILES string of the molecule is CCc1nc(C(C)C)sc1Br. The van der Waals surface area contributed by atoms with Crippen LogP contribution >= 0.6 is 27.3 Å². The maximum Gasteiger partial charge on any atom is 0.0965 e. The van der Waals surface area contributed by atoms with Gasteiger partial charge < -0.3 is 0 Å². The highest BCUT2D eigenvalue weighted by Gasteiger charge is 2.09. The zero-order chi connectivity index (χ0) is 8.43. The van der Waals surface area contributed by atoms with Crippen LogP contribution in [0.1, 0.15) is 37.4 Å². The molecule has 0 spiro atoms. The molecule has 1 rings (SSSR count). The van der Waals surface area contributed by atoms with Gasteiger partial charge in [-0.25, -0.2) is 4.98 Å². The molecule has 0 amide bonds. The number of aromatic nitrogens is 1. The first-order valence-corrected chi connectivity index (χ1v) is 5.41. The van der Waals surface area contributed by atoms with Crippen LogP contribution in [-0.4, -0.2) is 4.98 Å². The molecule has 1 heterocycles. The molecule has 0 saturated carbocycles. The second-order valence-electron chi connectivity index (χ2n) is 2.78. The fraction of sp³-hybridized carbons (Fsp3) is 0.625. The minimum Gasteiger partial charge on any atom is -0.245 e. The predicted molar refractivity (Wildman–Crippen MR) is 53.3 cm³/mol. The first-order chi connectivity index (χ1) is 5.15. The Kier molecular flexibility index (Phi) is 3.07. The molecule has 1 aromatic heterocycles. The lowest BCUT2D eigenvalue weighted by Crippen LogP contribution is -1.86. The van der Waals surface area contributed by atoms with E-state index in [0.717, 1.165) is 6.42 Å². The molecular formula is C8H12BrNS. The van der Waals surface area contributed by atoms with E-state index >= 15 is 0 Å². The number of nitrogens with zero attached hydrogens (tertiary/aromatic N) is 1. The maximum absolute atomic E-state index is 4.50. The quantitative estimate of drug-likeness (QED) is 0.761. The van der Waals surface area contributed by atoms with E-state index in [4.69, 9.17) is 0 Å². The number of aryl methyl sites for hydroxylation is 1. The largest absolute Gasteiger partial charge is 0.245 e. The first-order valence-electron chi connectivity index (χ1n) is 3.80. The van der Waals surface area contributed by atoms with E-state index in [-0.39, 0.29) is 0 Å². The van der Waals surface area contributed by atoms with Crippen molar-refractivity contribution in [1.29, 1.82) is 0 Å². The molecule has 0 bridgehead atoms. The molecule has 1 nitrogen and oxygen atoms in total. The van der Waals surface area contributed by atoms with Gasteiger partial charge in [0.15, 0.2) is 0 Å². The van der Waals surface area contributed by atoms with Crippen LogP contribution in [-0.2, 0) is 6.42 Å². The van der Waals surface area contributed by atoms with Gasteiger partial charge in [-0.3, -0.25) is 0 Å². The van der Waals surface area contributed by atoms with Gasteiger partial charge in [-0.15, -0.1) is 11.3 Å². The highest BCUT2D eigenvalue weighted by atomic mass is 79.9. The molecule has 62 valence electrons. The Balaban J connectivity index is 2.95.